The van der Waals surface area contributed by atoms with Crippen LogP contribution in [0.5, 0.6) is 0 Å². The first kappa shape index (κ1) is 14.3. The Morgan fingerprint density at radius 2 is 1.89 bits per heavy atom. The topological polar surface area (TPSA) is 4.93 Å². The van der Waals surface area contributed by atoms with Gasteiger partial charge >= 0.3 is 6.18 Å². The molecule has 0 amide bonds. The monoisotopic (exact) mass is 341 g/mol. The van der Waals surface area contributed by atoms with E-state index in [9.17, 15) is 22.0 Å². The third-order valence-electron chi connectivity index (χ3n) is 2.88. The summed E-state index contributed by atoms with van der Waals surface area (Å²) < 4.78 is 64.7. The number of aromatic nitrogens is 1. The van der Waals surface area contributed by atoms with Crippen LogP contribution in [0.4, 0.5) is 22.0 Å². The molecule has 1 nitrogen and oxygen atoms in total. The molecule has 19 heavy (non-hydrogen) atoms. The lowest BCUT2D eigenvalue weighted by molar-refractivity contribution is -0.128. The number of rotatable bonds is 2. The van der Waals surface area contributed by atoms with Crippen LogP contribution >= 0.6 is 15.9 Å². The first-order valence-electron chi connectivity index (χ1n) is 5.32. The zero-order valence-corrected chi connectivity index (χ0v) is 11.3. The van der Waals surface area contributed by atoms with Crippen molar-refractivity contribution in [1.82, 2.24) is 4.57 Å². The minimum Gasteiger partial charge on any atom is -0.347 e. The largest absolute Gasteiger partial charge is 0.394 e. The molecule has 0 aliphatic rings. The van der Waals surface area contributed by atoms with E-state index in [0.29, 0.717) is 5.39 Å². The van der Waals surface area contributed by atoms with Crippen molar-refractivity contribution in [2.75, 3.05) is 0 Å². The number of halogens is 6. The zero-order valence-electron chi connectivity index (χ0n) is 9.73. The van der Waals surface area contributed by atoms with Gasteiger partial charge in [-0.25, -0.2) is 8.78 Å². The van der Waals surface area contributed by atoms with Crippen LogP contribution in [0.2, 0.25) is 0 Å². The molecular weight excluding hydrogens is 333 g/mol. The fourth-order valence-corrected chi connectivity index (χ4v) is 2.59. The van der Waals surface area contributed by atoms with E-state index in [4.69, 9.17) is 0 Å². The SMILES string of the molecule is Cn1c(CC(F)(F)F)cc2ccc(Br)c(C(F)F)c21. The Kier molecular flexibility index (Phi) is 3.59. The standard InChI is InChI=1S/C12H9BrF5N/c1-19-7(5-12(16,17)18)4-6-2-3-8(13)9(10(6)19)11(14)15/h2-4,11H,5H2,1H3. The Morgan fingerprint density at radius 3 is 2.42 bits per heavy atom. The quantitative estimate of drug-likeness (QED) is 0.678. The van der Waals surface area contributed by atoms with E-state index < -0.39 is 19.0 Å². The maximum atomic E-state index is 13.0. The van der Waals surface area contributed by atoms with Gasteiger partial charge in [-0.05, 0) is 12.1 Å². The molecule has 2 aromatic rings. The lowest BCUT2D eigenvalue weighted by Gasteiger charge is -2.10. The molecule has 0 atom stereocenters. The molecule has 0 spiro atoms. The van der Waals surface area contributed by atoms with Crippen LogP contribution in [0.25, 0.3) is 10.9 Å². The predicted octanol–water partition coefficient (Wildman–Crippen LogP) is 4.98. The molecule has 0 saturated heterocycles. The summed E-state index contributed by atoms with van der Waals surface area (Å²) in [6.45, 7) is 0. The molecule has 0 unspecified atom stereocenters. The van der Waals surface area contributed by atoms with Gasteiger partial charge in [-0.1, -0.05) is 22.0 Å². The third-order valence-corrected chi connectivity index (χ3v) is 3.57. The van der Waals surface area contributed by atoms with E-state index >= 15 is 0 Å². The molecule has 0 fully saturated rings. The van der Waals surface area contributed by atoms with Gasteiger partial charge < -0.3 is 4.57 Å². The normalized spacial score (nSPS) is 12.6. The summed E-state index contributed by atoms with van der Waals surface area (Å²) in [5.74, 6) is 0. The summed E-state index contributed by atoms with van der Waals surface area (Å²) >= 11 is 3.01. The van der Waals surface area contributed by atoms with Gasteiger partial charge in [0.1, 0.15) is 0 Å². The molecule has 2 rings (SSSR count). The van der Waals surface area contributed by atoms with Crippen LogP contribution in [0.15, 0.2) is 22.7 Å². The van der Waals surface area contributed by atoms with E-state index in [0.717, 1.165) is 0 Å². The van der Waals surface area contributed by atoms with Crippen LogP contribution in [-0.4, -0.2) is 10.7 Å². The number of alkyl halides is 5. The molecule has 0 aliphatic carbocycles. The molecule has 7 heteroatoms. The molecule has 104 valence electrons. The summed E-state index contributed by atoms with van der Waals surface area (Å²) in [6.07, 6.45) is -8.27. The molecule has 0 saturated carbocycles. The Morgan fingerprint density at radius 1 is 1.26 bits per heavy atom. The summed E-state index contributed by atoms with van der Waals surface area (Å²) in [7, 11) is 1.36. The highest BCUT2D eigenvalue weighted by Crippen LogP contribution is 2.36. The summed E-state index contributed by atoms with van der Waals surface area (Å²) in [5, 5.41) is 0.375. The highest BCUT2D eigenvalue weighted by molar-refractivity contribution is 9.10. The summed E-state index contributed by atoms with van der Waals surface area (Å²) in [5.41, 5.74) is -0.195. The number of nitrogens with zero attached hydrogens (tertiary/aromatic N) is 1. The second kappa shape index (κ2) is 4.77. The Bertz CT molecular complexity index is 615. The van der Waals surface area contributed by atoms with E-state index in [1.807, 2.05) is 0 Å². The van der Waals surface area contributed by atoms with Gasteiger partial charge in [0, 0.05) is 22.6 Å². The van der Waals surface area contributed by atoms with Gasteiger partial charge in [-0.15, -0.1) is 0 Å². The van der Waals surface area contributed by atoms with Crippen molar-refractivity contribution in [3.63, 3.8) is 0 Å². The average molecular weight is 342 g/mol. The third kappa shape index (κ3) is 2.75. The lowest BCUT2D eigenvalue weighted by Crippen LogP contribution is -2.14. The van der Waals surface area contributed by atoms with Gasteiger partial charge in [-0.2, -0.15) is 13.2 Å². The minimum atomic E-state index is -4.37. The van der Waals surface area contributed by atoms with Crippen LogP contribution < -0.4 is 0 Å². The van der Waals surface area contributed by atoms with Gasteiger partial charge in [0.05, 0.1) is 17.5 Å². The van der Waals surface area contributed by atoms with Crippen molar-refractivity contribution in [3.05, 3.63) is 33.9 Å². The van der Waals surface area contributed by atoms with Gasteiger partial charge in [0.15, 0.2) is 0 Å². The van der Waals surface area contributed by atoms with Crippen molar-refractivity contribution in [2.24, 2.45) is 7.05 Å². The highest BCUT2D eigenvalue weighted by atomic mass is 79.9. The zero-order chi connectivity index (χ0) is 14.4. The van der Waals surface area contributed by atoms with Gasteiger partial charge in [0.2, 0.25) is 0 Å². The molecule has 0 bridgehead atoms. The molecule has 0 aliphatic heterocycles. The summed E-state index contributed by atoms with van der Waals surface area (Å²) in [6, 6.07) is 4.23. The maximum Gasteiger partial charge on any atom is 0.394 e. The maximum absolute atomic E-state index is 13.0. The number of hydrogen-bond acceptors (Lipinski definition) is 0. The van der Waals surface area contributed by atoms with Crippen LogP contribution in [0.1, 0.15) is 17.7 Å². The van der Waals surface area contributed by atoms with Crippen molar-refractivity contribution < 1.29 is 22.0 Å². The van der Waals surface area contributed by atoms with Crippen molar-refractivity contribution in [3.8, 4) is 0 Å². The minimum absolute atomic E-state index is 0.0394. The van der Waals surface area contributed by atoms with Crippen molar-refractivity contribution in [1.29, 1.82) is 0 Å². The molecular formula is C12H9BrF5N. The highest BCUT2D eigenvalue weighted by Gasteiger charge is 2.30. The van der Waals surface area contributed by atoms with E-state index in [1.165, 1.54) is 29.8 Å². The van der Waals surface area contributed by atoms with E-state index in [-0.39, 0.29) is 21.2 Å². The number of hydrogen-bond donors (Lipinski definition) is 0. The fourth-order valence-electron chi connectivity index (χ4n) is 2.09. The van der Waals surface area contributed by atoms with Gasteiger partial charge in [0.25, 0.3) is 6.43 Å². The fraction of sp³-hybridized carbons (Fsp3) is 0.333. The molecule has 1 heterocycles. The first-order chi connectivity index (χ1) is 8.70. The number of fused-ring (bicyclic) bond motifs is 1. The molecule has 1 aromatic heterocycles. The second-order valence-corrected chi connectivity index (χ2v) is 5.04. The Hall–Kier alpha value is -1.11. The van der Waals surface area contributed by atoms with Crippen molar-refractivity contribution >= 4 is 26.8 Å². The summed E-state index contributed by atoms with van der Waals surface area (Å²) in [4.78, 5) is 0. The molecule has 0 N–H and O–H groups in total. The first-order valence-corrected chi connectivity index (χ1v) is 6.11. The number of benzene rings is 1. The Labute approximate surface area is 114 Å². The average Bonchev–Trinajstić information content (AvgIpc) is 2.54. The molecule has 1 aromatic carbocycles. The van der Waals surface area contributed by atoms with E-state index in [2.05, 4.69) is 15.9 Å². The Balaban J connectivity index is 2.67. The smallest absolute Gasteiger partial charge is 0.347 e. The van der Waals surface area contributed by atoms with Crippen LogP contribution in [0.3, 0.4) is 0 Å². The molecule has 0 radical (unpaired) electrons. The van der Waals surface area contributed by atoms with Crippen molar-refractivity contribution in [2.45, 2.75) is 19.0 Å². The predicted molar refractivity (Wildman–Crippen MR) is 65.3 cm³/mol. The number of aryl methyl sites for hydroxylation is 1. The van der Waals surface area contributed by atoms with Gasteiger partial charge in [-0.3, -0.25) is 0 Å². The van der Waals surface area contributed by atoms with Crippen LogP contribution in [0, 0.1) is 0 Å². The second-order valence-electron chi connectivity index (χ2n) is 4.19. The van der Waals surface area contributed by atoms with Crippen LogP contribution in [-0.2, 0) is 13.5 Å². The van der Waals surface area contributed by atoms with E-state index in [1.54, 1.807) is 0 Å². The lowest BCUT2D eigenvalue weighted by atomic mass is 10.1.